The highest BCUT2D eigenvalue weighted by atomic mass is 16.5. The van der Waals surface area contributed by atoms with Crippen LogP contribution in [0.3, 0.4) is 0 Å². The van der Waals surface area contributed by atoms with Gasteiger partial charge in [0.15, 0.2) is 0 Å². The molecule has 0 aliphatic rings. The lowest BCUT2D eigenvalue weighted by Crippen LogP contribution is -2.28. The highest BCUT2D eigenvalue weighted by molar-refractivity contribution is 5.95. The SMILES string of the molecule is Cc1cccc(OCCNC(=O)c2ccc(C)c(N)c2)c1. The highest BCUT2D eigenvalue weighted by Crippen LogP contribution is 2.13. The largest absolute Gasteiger partial charge is 0.492 e. The molecule has 3 N–H and O–H groups in total. The van der Waals surface area contributed by atoms with E-state index >= 15 is 0 Å². The van der Waals surface area contributed by atoms with Crippen LogP contribution < -0.4 is 15.8 Å². The summed E-state index contributed by atoms with van der Waals surface area (Å²) in [5.74, 6) is 0.665. The van der Waals surface area contributed by atoms with E-state index in [0.29, 0.717) is 24.4 Å². The Bertz CT molecular complexity index is 638. The number of benzene rings is 2. The Balaban J connectivity index is 1.80. The van der Waals surface area contributed by atoms with Crippen molar-refractivity contribution >= 4 is 11.6 Å². The number of anilines is 1. The Morgan fingerprint density at radius 2 is 2.00 bits per heavy atom. The third kappa shape index (κ3) is 4.24. The topological polar surface area (TPSA) is 64.3 Å². The molecule has 4 nitrogen and oxygen atoms in total. The summed E-state index contributed by atoms with van der Waals surface area (Å²) in [5, 5.41) is 2.81. The van der Waals surface area contributed by atoms with Crippen molar-refractivity contribution in [2.75, 3.05) is 18.9 Å². The van der Waals surface area contributed by atoms with E-state index in [9.17, 15) is 4.79 Å². The van der Waals surface area contributed by atoms with Crippen LogP contribution in [0.15, 0.2) is 42.5 Å². The average Bonchev–Trinajstić information content (AvgIpc) is 2.46. The molecule has 2 aromatic carbocycles. The van der Waals surface area contributed by atoms with Gasteiger partial charge in [-0.3, -0.25) is 4.79 Å². The van der Waals surface area contributed by atoms with Gasteiger partial charge in [-0.05, 0) is 49.2 Å². The van der Waals surface area contributed by atoms with Crippen LogP contribution in [-0.2, 0) is 0 Å². The number of nitrogens with two attached hydrogens (primary N) is 1. The van der Waals surface area contributed by atoms with E-state index in [4.69, 9.17) is 10.5 Å². The number of aryl methyl sites for hydroxylation is 2. The molecule has 4 heteroatoms. The maximum atomic E-state index is 12.0. The molecule has 0 aromatic heterocycles. The summed E-state index contributed by atoms with van der Waals surface area (Å²) in [6.45, 7) is 4.79. The van der Waals surface area contributed by atoms with Gasteiger partial charge in [0, 0.05) is 11.3 Å². The zero-order valence-electron chi connectivity index (χ0n) is 12.3. The predicted octanol–water partition coefficient (Wildman–Crippen LogP) is 2.69. The van der Waals surface area contributed by atoms with Crippen molar-refractivity contribution < 1.29 is 9.53 Å². The lowest BCUT2D eigenvalue weighted by Gasteiger charge is -2.09. The maximum absolute atomic E-state index is 12.0. The van der Waals surface area contributed by atoms with Crippen LogP contribution in [-0.4, -0.2) is 19.1 Å². The number of rotatable bonds is 5. The molecule has 1 amide bonds. The van der Waals surface area contributed by atoms with Gasteiger partial charge >= 0.3 is 0 Å². The minimum Gasteiger partial charge on any atom is -0.492 e. The third-order valence-electron chi connectivity index (χ3n) is 3.19. The first kappa shape index (κ1) is 14.9. The first-order valence-electron chi connectivity index (χ1n) is 6.90. The Morgan fingerprint density at radius 3 is 2.71 bits per heavy atom. The van der Waals surface area contributed by atoms with Gasteiger partial charge < -0.3 is 15.8 Å². The van der Waals surface area contributed by atoms with Gasteiger partial charge in [0.25, 0.3) is 5.91 Å². The van der Waals surface area contributed by atoms with Gasteiger partial charge in [-0.1, -0.05) is 18.2 Å². The standard InChI is InChI=1S/C17H20N2O2/c1-12-4-3-5-15(10-12)21-9-8-19-17(20)14-7-6-13(2)16(18)11-14/h3-7,10-11H,8-9,18H2,1-2H3,(H,19,20). The highest BCUT2D eigenvalue weighted by Gasteiger charge is 2.06. The van der Waals surface area contributed by atoms with Crippen LogP contribution in [0.1, 0.15) is 21.5 Å². The monoisotopic (exact) mass is 284 g/mol. The van der Waals surface area contributed by atoms with Gasteiger partial charge in [0.05, 0.1) is 6.54 Å². The van der Waals surface area contributed by atoms with Gasteiger partial charge in [-0.25, -0.2) is 0 Å². The van der Waals surface area contributed by atoms with E-state index in [-0.39, 0.29) is 5.91 Å². The molecule has 0 aliphatic carbocycles. The number of amides is 1. The minimum absolute atomic E-state index is 0.144. The molecule has 0 bridgehead atoms. The molecule has 0 unspecified atom stereocenters. The Kier molecular flexibility index (Phi) is 4.82. The minimum atomic E-state index is -0.144. The molecule has 2 rings (SSSR count). The number of carbonyl (C=O) groups is 1. The Hall–Kier alpha value is -2.49. The summed E-state index contributed by atoms with van der Waals surface area (Å²) in [6, 6.07) is 13.1. The van der Waals surface area contributed by atoms with E-state index in [0.717, 1.165) is 16.9 Å². The molecular formula is C17H20N2O2. The molecule has 0 fully saturated rings. The smallest absolute Gasteiger partial charge is 0.251 e. The quantitative estimate of drug-likeness (QED) is 0.655. The molecule has 0 saturated carbocycles. The van der Waals surface area contributed by atoms with Gasteiger partial charge in [0.2, 0.25) is 0 Å². The second-order valence-corrected chi connectivity index (χ2v) is 4.99. The molecule has 0 atom stereocenters. The lowest BCUT2D eigenvalue weighted by atomic mass is 10.1. The van der Waals surface area contributed by atoms with Crippen molar-refractivity contribution in [1.29, 1.82) is 0 Å². The van der Waals surface area contributed by atoms with E-state index in [1.54, 1.807) is 12.1 Å². The number of carbonyl (C=O) groups excluding carboxylic acids is 1. The van der Waals surface area contributed by atoms with Crippen LogP contribution in [0.2, 0.25) is 0 Å². The third-order valence-corrected chi connectivity index (χ3v) is 3.19. The number of nitrogens with one attached hydrogen (secondary N) is 1. The Morgan fingerprint density at radius 1 is 1.19 bits per heavy atom. The zero-order chi connectivity index (χ0) is 15.2. The van der Waals surface area contributed by atoms with Crippen LogP contribution in [0.25, 0.3) is 0 Å². The first-order chi connectivity index (χ1) is 10.1. The van der Waals surface area contributed by atoms with Crippen molar-refractivity contribution in [2.24, 2.45) is 0 Å². The summed E-state index contributed by atoms with van der Waals surface area (Å²) >= 11 is 0. The second-order valence-electron chi connectivity index (χ2n) is 4.99. The molecule has 0 radical (unpaired) electrons. The molecule has 0 aliphatic heterocycles. The molecule has 110 valence electrons. The van der Waals surface area contributed by atoms with E-state index in [1.807, 2.05) is 44.2 Å². The van der Waals surface area contributed by atoms with Crippen LogP contribution in [0.5, 0.6) is 5.75 Å². The number of hydrogen-bond acceptors (Lipinski definition) is 3. The molecule has 0 heterocycles. The van der Waals surface area contributed by atoms with E-state index in [1.165, 1.54) is 0 Å². The average molecular weight is 284 g/mol. The maximum Gasteiger partial charge on any atom is 0.251 e. The fourth-order valence-corrected chi connectivity index (χ4v) is 1.92. The normalized spacial score (nSPS) is 10.2. The lowest BCUT2D eigenvalue weighted by molar-refractivity contribution is 0.0947. The van der Waals surface area contributed by atoms with Crippen LogP contribution >= 0.6 is 0 Å². The summed E-state index contributed by atoms with van der Waals surface area (Å²) in [4.78, 5) is 12.0. The van der Waals surface area contributed by atoms with E-state index in [2.05, 4.69) is 5.32 Å². The summed E-state index contributed by atoms with van der Waals surface area (Å²) in [6.07, 6.45) is 0. The first-order valence-corrected chi connectivity index (χ1v) is 6.90. The van der Waals surface area contributed by atoms with E-state index < -0.39 is 0 Å². The molecule has 0 saturated heterocycles. The molecule has 21 heavy (non-hydrogen) atoms. The fourth-order valence-electron chi connectivity index (χ4n) is 1.92. The summed E-state index contributed by atoms with van der Waals surface area (Å²) < 4.78 is 5.58. The number of ether oxygens (including phenoxy) is 1. The van der Waals surface area contributed by atoms with Crippen LogP contribution in [0.4, 0.5) is 5.69 Å². The summed E-state index contributed by atoms with van der Waals surface area (Å²) in [7, 11) is 0. The van der Waals surface area contributed by atoms with Crippen molar-refractivity contribution in [3.63, 3.8) is 0 Å². The van der Waals surface area contributed by atoms with Crippen molar-refractivity contribution in [1.82, 2.24) is 5.32 Å². The van der Waals surface area contributed by atoms with Crippen molar-refractivity contribution in [2.45, 2.75) is 13.8 Å². The fraction of sp³-hybridized carbons (Fsp3) is 0.235. The van der Waals surface area contributed by atoms with Gasteiger partial charge in [0.1, 0.15) is 12.4 Å². The van der Waals surface area contributed by atoms with Gasteiger partial charge in [-0.15, -0.1) is 0 Å². The molecular weight excluding hydrogens is 264 g/mol. The second kappa shape index (κ2) is 6.79. The summed E-state index contributed by atoms with van der Waals surface area (Å²) in [5.41, 5.74) is 9.10. The van der Waals surface area contributed by atoms with Gasteiger partial charge in [-0.2, -0.15) is 0 Å². The molecule has 0 spiro atoms. The van der Waals surface area contributed by atoms with Crippen molar-refractivity contribution in [3.8, 4) is 5.75 Å². The zero-order valence-corrected chi connectivity index (χ0v) is 12.3. The van der Waals surface area contributed by atoms with Crippen LogP contribution in [0, 0.1) is 13.8 Å². The van der Waals surface area contributed by atoms with Crippen molar-refractivity contribution in [3.05, 3.63) is 59.2 Å². The predicted molar refractivity (Wildman–Crippen MR) is 84.6 cm³/mol. The Labute approximate surface area is 124 Å². The molecule has 2 aromatic rings. The number of nitrogen functional groups attached to an aromatic ring is 1. The number of hydrogen-bond donors (Lipinski definition) is 2.